The number of aliphatic hydroxyl groups is 1. The van der Waals surface area contributed by atoms with Crippen LogP contribution in [0.15, 0.2) is 72.8 Å². The summed E-state index contributed by atoms with van der Waals surface area (Å²) in [6.45, 7) is 3.34. The fraction of sp³-hybridized carbons (Fsp3) is 0.308. The van der Waals surface area contributed by atoms with Gasteiger partial charge in [-0.05, 0) is 41.3 Å². The molecule has 0 aliphatic heterocycles. The van der Waals surface area contributed by atoms with Crippen molar-refractivity contribution in [3.8, 4) is 11.5 Å². The molecule has 5 nitrogen and oxygen atoms in total. The Kier molecular flexibility index (Phi) is 8.47. The van der Waals surface area contributed by atoms with E-state index in [4.69, 9.17) is 14.2 Å². The molecule has 0 spiro atoms. The Bertz CT molecular complexity index is 945. The molecule has 0 radical (unpaired) electrons. The number of ether oxygens (including phenoxy) is 3. The Hall–Kier alpha value is -2.86. The summed E-state index contributed by atoms with van der Waals surface area (Å²) in [6, 6.07) is 24.1. The van der Waals surface area contributed by atoms with E-state index in [-0.39, 0.29) is 12.7 Å². The maximum atomic E-state index is 10.5. The highest BCUT2D eigenvalue weighted by Gasteiger charge is 2.18. The summed E-state index contributed by atoms with van der Waals surface area (Å²) in [7, 11) is 3.24. The van der Waals surface area contributed by atoms with Gasteiger partial charge in [0.15, 0.2) is 11.5 Å². The molecule has 5 heteroatoms. The largest absolute Gasteiger partial charge is 0.493 e. The number of rotatable bonds is 11. The van der Waals surface area contributed by atoms with Crippen molar-refractivity contribution in [3.63, 3.8) is 0 Å². The first-order chi connectivity index (χ1) is 15.1. The molecule has 0 aliphatic rings. The van der Waals surface area contributed by atoms with Gasteiger partial charge in [-0.3, -0.25) is 0 Å². The molecule has 31 heavy (non-hydrogen) atoms. The maximum absolute atomic E-state index is 10.5. The van der Waals surface area contributed by atoms with Crippen LogP contribution in [0.3, 0.4) is 0 Å². The molecule has 0 fully saturated rings. The van der Waals surface area contributed by atoms with Crippen molar-refractivity contribution in [1.82, 2.24) is 5.32 Å². The average Bonchev–Trinajstić information content (AvgIpc) is 2.81. The molecule has 0 saturated carbocycles. The SMILES string of the molecule is COc1ccc(CNC[C@@H](O)CO[C@H](c2ccccc2)c2ccccc2C)cc1OC. The lowest BCUT2D eigenvalue weighted by Crippen LogP contribution is -2.30. The van der Waals surface area contributed by atoms with Crippen LogP contribution in [0.5, 0.6) is 11.5 Å². The number of aryl methyl sites for hydroxylation is 1. The van der Waals surface area contributed by atoms with Gasteiger partial charge in [-0.25, -0.2) is 0 Å². The molecule has 0 saturated heterocycles. The van der Waals surface area contributed by atoms with E-state index in [0.29, 0.717) is 24.6 Å². The van der Waals surface area contributed by atoms with E-state index in [2.05, 4.69) is 36.5 Å². The Morgan fingerprint density at radius 2 is 1.58 bits per heavy atom. The van der Waals surface area contributed by atoms with Crippen molar-refractivity contribution in [3.05, 3.63) is 95.1 Å². The lowest BCUT2D eigenvalue weighted by molar-refractivity contribution is 0.00627. The molecule has 2 N–H and O–H groups in total. The zero-order valence-electron chi connectivity index (χ0n) is 18.4. The summed E-state index contributed by atoms with van der Waals surface area (Å²) >= 11 is 0. The zero-order valence-corrected chi connectivity index (χ0v) is 18.4. The standard InChI is InChI=1S/C26H31NO4/c1-19-9-7-8-12-23(19)26(21-10-5-4-6-11-21)31-18-22(28)17-27-16-20-13-14-24(29-2)25(15-20)30-3/h4-15,22,26-28H,16-18H2,1-3H3/t22-,26-/m1/s1. The maximum Gasteiger partial charge on any atom is 0.161 e. The number of methoxy groups -OCH3 is 2. The van der Waals surface area contributed by atoms with Crippen molar-refractivity contribution in [2.45, 2.75) is 25.7 Å². The fourth-order valence-electron chi connectivity index (χ4n) is 3.51. The first-order valence-electron chi connectivity index (χ1n) is 10.4. The smallest absolute Gasteiger partial charge is 0.161 e. The molecule has 3 aromatic rings. The minimum Gasteiger partial charge on any atom is -0.493 e. The Morgan fingerprint density at radius 1 is 0.871 bits per heavy atom. The predicted molar refractivity (Wildman–Crippen MR) is 123 cm³/mol. The Balaban J connectivity index is 1.56. The van der Waals surface area contributed by atoms with E-state index in [9.17, 15) is 5.11 Å². The van der Waals surface area contributed by atoms with Crippen molar-refractivity contribution in [2.24, 2.45) is 0 Å². The van der Waals surface area contributed by atoms with Gasteiger partial charge in [-0.2, -0.15) is 0 Å². The van der Waals surface area contributed by atoms with Crippen LogP contribution in [0.4, 0.5) is 0 Å². The van der Waals surface area contributed by atoms with Crippen LogP contribution in [-0.4, -0.2) is 38.6 Å². The average molecular weight is 422 g/mol. The van der Waals surface area contributed by atoms with Crippen LogP contribution in [-0.2, 0) is 11.3 Å². The minimum absolute atomic E-state index is 0.220. The first kappa shape index (κ1) is 22.8. The van der Waals surface area contributed by atoms with Gasteiger partial charge in [0.2, 0.25) is 0 Å². The van der Waals surface area contributed by atoms with Crippen LogP contribution >= 0.6 is 0 Å². The van der Waals surface area contributed by atoms with Crippen LogP contribution in [0.25, 0.3) is 0 Å². The molecule has 3 aromatic carbocycles. The van der Waals surface area contributed by atoms with Gasteiger partial charge in [-0.15, -0.1) is 0 Å². The molecule has 0 aromatic heterocycles. The monoisotopic (exact) mass is 421 g/mol. The summed E-state index contributed by atoms with van der Waals surface area (Å²) in [5.74, 6) is 1.39. The van der Waals surface area contributed by atoms with Crippen molar-refractivity contribution in [1.29, 1.82) is 0 Å². The van der Waals surface area contributed by atoms with Crippen LogP contribution in [0.2, 0.25) is 0 Å². The zero-order chi connectivity index (χ0) is 22.1. The highest BCUT2D eigenvalue weighted by molar-refractivity contribution is 5.42. The highest BCUT2D eigenvalue weighted by atomic mass is 16.5. The van der Waals surface area contributed by atoms with Crippen molar-refractivity contribution >= 4 is 0 Å². The van der Waals surface area contributed by atoms with E-state index in [0.717, 1.165) is 22.3 Å². The van der Waals surface area contributed by atoms with Gasteiger partial charge < -0.3 is 24.6 Å². The third kappa shape index (κ3) is 6.31. The topological polar surface area (TPSA) is 60.0 Å². The molecule has 164 valence electrons. The number of benzene rings is 3. The first-order valence-corrected chi connectivity index (χ1v) is 10.4. The Labute approximate surface area is 184 Å². The van der Waals surface area contributed by atoms with Crippen LogP contribution < -0.4 is 14.8 Å². The predicted octanol–water partition coefficient (Wildman–Crippen LogP) is 4.27. The van der Waals surface area contributed by atoms with E-state index in [1.54, 1.807) is 14.2 Å². The fourth-order valence-corrected chi connectivity index (χ4v) is 3.51. The van der Waals surface area contributed by atoms with Gasteiger partial charge in [0.05, 0.1) is 26.9 Å². The molecular weight excluding hydrogens is 390 g/mol. The molecule has 0 unspecified atom stereocenters. The summed E-state index contributed by atoms with van der Waals surface area (Å²) < 4.78 is 16.8. The van der Waals surface area contributed by atoms with E-state index in [1.165, 1.54) is 0 Å². The molecule has 0 heterocycles. The van der Waals surface area contributed by atoms with Gasteiger partial charge in [0.25, 0.3) is 0 Å². The lowest BCUT2D eigenvalue weighted by atomic mass is 9.97. The molecule has 0 aliphatic carbocycles. The van der Waals surface area contributed by atoms with Crippen LogP contribution in [0.1, 0.15) is 28.4 Å². The Morgan fingerprint density at radius 3 is 2.29 bits per heavy atom. The van der Waals surface area contributed by atoms with Crippen molar-refractivity contribution < 1.29 is 19.3 Å². The number of hydrogen-bond acceptors (Lipinski definition) is 5. The molecule has 2 atom stereocenters. The molecule has 3 rings (SSSR count). The van der Waals surface area contributed by atoms with Crippen molar-refractivity contribution in [2.75, 3.05) is 27.4 Å². The third-order valence-electron chi connectivity index (χ3n) is 5.19. The third-order valence-corrected chi connectivity index (χ3v) is 5.19. The minimum atomic E-state index is -0.629. The summed E-state index contributed by atoms with van der Waals surface area (Å²) in [4.78, 5) is 0. The van der Waals surface area contributed by atoms with Gasteiger partial charge in [0, 0.05) is 13.1 Å². The molecule has 0 amide bonds. The summed E-state index contributed by atoms with van der Waals surface area (Å²) in [6.07, 6.45) is -0.849. The second kappa shape index (κ2) is 11.5. The second-order valence-electron chi connectivity index (χ2n) is 7.45. The molecule has 0 bridgehead atoms. The van der Waals surface area contributed by atoms with E-state index >= 15 is 0 Å². The second-order valence-corrected chi connectivity index (χ2v) is 7.45. The van der Waals surface area contributed by atoms with Gasteiger partial charge >= 0.3 is 0 Å². The summed E-state index contributed by atoms with van der Waals surface area (Å²) in [5, 5.41) is 13.8. The normalized spacial score (nSPS) is 12.9. The number of nitrogens with one attached hydrogen (secondary N) is 1. The number of hydrogen-bond donors (Lipinski definition) is 2. The van der Waals surface area contributed by atoms with Crippen LogP contribution in [0, 0.1) is 6.92 Å². The van der Waals surface area contributed by atoms with E-state index < -0.39 is 6.10 Å². The van der Waals surface area contributed by atoms with Gasteiger partial charge in [-0.1, -0.05) is 60.7 Å². The molecular formula is C26H31NO4. The van der Waals surface area contributed by atoms with E-state index in [1.807, 2.05) is 48.5 Å². The quantitative estimate of drug-likeness (QED) is 0.484. The van der Waals surface area contributed by atoms with Gasteiger partial charge in [0.1, 0.15) is 6.10 Å². The number of aliphatic hydroxyl groups excluding tert-OH is 1. The summed E-state index contributed by atoms with van der Waals surface area (Å²) in [5.41, 5.74) is 4.40. The lowest BCUT2D eigenvalue weighted by Gasteiger charge is -2.22. The highest BCUT2D eigenvalue weighted by Crippen LogP contribution is 2.29.